The Labute approximate surface area is 93.6 Å². The second kappa shape index (κ2) is 5.68. The molecule has 4 nitrogen and oxygen atoms in total. The molecule has 0 radical (unpaired) electrons. The maximum absolute atomic E-state index is 10.9. The van der Waals surface area contributed by atoms with E-state index in [2.05, 4.69) is 15.0 Å². The molecule has 0 saturated carbocycles. The first-order chi connectivity index (χ1) is 7.13. The quantitative estimate of drug-likeness (QED) is 0.795. The normalized spacial score (nSPS) is 12.2. The van der Waals surface area contributed by atoms with Crippen LogP contribution in [-0.4, -0.2) is 24.6 Å². The van der Waals surface area contributed by atoms with Gasteiger partial charge in [-0.15, -0.1) is 0 Å². The minimum Gasteiger partial charge on any atom is -0.468 e. The van der Waals surface area contributed by atoms with Crippen molar-refractivity contribution < 1.29 is 9.53 Å². The molecule has 0 fully saturated rings. The van der Waals surface area contributed by atoms with E-state index < -0.39 is 0 Å². The van der Waals surface area contributed by atoms with Crippen molar-refractivity contribution >= 4 is 17.6 Å². The number of ether oxygens (including phenoxy) is 1. The second-order valence-electron chi connectivity index (χ2n) is 3.08. The molecule has 1 unspecified atom stereocenters. The summed E-state index contributed by atoms with van der Waals surface area (Å²) in [4.78, 5) is 15.0. The molecule has 0 aliphatic rings. The number of carbonyl (C=O) groups excluding carboxylic acids is 1. The van der Waals surface area contributed by atoms with E-state index >= 15 is 0 Å². The number of halogens is 1. The van der Waals surface area contributed by atoms with Gasteiger partial charge in [0.05, 0.1) is 24.4 Å². The molecule has 5 heteroatoms. The molecule has 1 N–H and O–H groups in total. The van der Waals surface area contributed by atoms with E-state index in [0.29, 0.717) is 5.02 Å². The van der Waals surface area contributed by atoms with Crippen molar-refractivity contribution in [2.45, 2.75) is 13.0 Å². The number of hydrogen-bond acceptors (Lipinski definition) is 4. The summed E-state index contributed by atoms with van der Waals surface area (Å²) in [6.07, 6.45) is 1.58. The van der Waals surface area contributed by atoms with E-state index in [-0.39, 0.29) is 18.6 Å². The Kier molecular flexibility index (Phi) is 4.52. The number of methoxy groups -OCH3 is 1. The third-order valence-electron chi connectivity index (χ3n) is 1.97. The Hall–Kier alpha value is -1.13. The fraction of sp³-hybridized carbons (Fsp3) is 0.400. The lowest BCUT2D eigenvalue weighted by Crippen LogP contribution is -2.27. The van der Waals surface area contributed by atoms with Crippen molar-refractivity contribution in [1.82, 2.24) is 10.3 Å². The van der Waals surface area contributed by atoms with Crippen molar-refractivity contribution in [2.24, 2.45) is 0 Å². The van der Waals surface area contributed by atoms with Gasteiger partial charge in [0.15, 0.2) is 0 Å². The number of rotatable bonds is 4. The van der Waals surface area contributed by atoms with Gasteiger partial charge in [-0.1, -0.05) is 11.6 Å². The lowest BCUT2D eigenvalue weighted by Gasteiger charge is -2.11. The van der Waals surface area contributed by atoms with Crippen LogP contribution >= 0.6 is 11.6 Å². The number of aromatic nitrogens is 1. The largest absolute Gasteiger partial charge is 0.468 e. The summed E-state index contributed by atoms with van der Waals surface area (Å²) in [5.74, 6) is -0.296. The smallest absolute Gasteiger partial charge is 0.319 e. The van der Waals surface area contributed by atoms with Gasteiger partial charge in [-0.3, -0.25) is 15.1 Å². The topological polar surface area (TPSA) is 51.2 Å². The minimum absolute atomic E-state index is 0.0126. The molecule has 1 aromatic heterocycles. The molecule has 0 aliphatic heterocycles. The average molecular weight is 229 g/mol. The van der Waals surface area contributed by atoms with Gasteiger partial charge in [-0.2, -0.15) is 0 Å². The van der Waals surface area contributed by atoms with E-state index in [1.54, 1.807) is 12.3 Å². The van der Waals surface area contributed by atoms with Gasteiger partial charge in [0, 0.05) is 12.2 Å². The molecule has 1 atom stereocenters. The van der Waals surface area contributed by atoms with Crippen LogP contribution in [0.15, 0.2) is 18.3 Å². The van der Waals surface area contributed by atoms with Crippen LogP contribution in [0.3, 0.4) is 0 Å². The molecular weight excluding hydrogens is 216 g/mol. The van der Waals surface area contributed by atoms with Crippen LogP contribution in [0.5, 0.6) is 0 Å². The first kappa shape index (κ1) is 11.9. The Morgan fingerprint density at radius 3 is 2.93 bits per heavy atom. The Bertz CT molecular complexity index is 327. The van der Waals surface area contributed by atoms with Crippen LogP contribution in [0.4, 0.5) is 0 Å². The number of esters is 1. The van der Waals surface area contributed by atoms with Crippen LogP contribution in [0.25, 0.3) is 0 Å². The lowest BCUT2D eigenvalue weighted by atomic mass is 10.2. The Morgan fingerprint density at radius 2 is 2.40 bits per heavy atom. The highest BCUT2D eigenvalue weighted by Crippen LogP contribution is 2.12. The van der Waals surface area contributed by atoms with Crippen molar-refractivity contribution in [3.63, 3.8) is 0 Å². The van der Waals surface area contributed by atoms with Gasteiger partial charge >= 0.3 is 5.97 Å². The molecule has 0 saturated heterocycles. The molecule has 82 valence electrons. The molecule has 0 aliphatic carbocycles. The highest BCUT2D eigenvalue weighted by atomic mass is 35.5. The first-order valence-electron chi connectivity index (χ1n) is 4.55. The maximum Gasteiger partial charge on any atom is 0.319 e. The number of pyridine rings is 1. The fourth-order valence-electron chi connectivity index (χ4n) is 1.06. The van der Waals surface area contributed by atoms with Crippen LogP contribution in [0.1, 0.15) is 18.7 Å². The van der Waals surface area contributed by atoms with E-state index in [1.165, 1.54) is 7.11 Å². The van der Waals surface area contributed by atoms with Crippen molar-refractivity contribution in [3.8, 4) is 0 Å². The summed E-state index contributed by atoms with van der Waals surface area (Å²) in [5.41, 5.74) is 0.836. The molecule has 1 rings (SSSR count). The number of hydrogen-bond donors (Lipinski definition) is 1. The van der Waals surface area contributed by atoms with Crippen LogP contribution in [0.2, 0.25) is 5.02 Å². The highest BCUT2D eigenvalue weighted by Gasteiger charge is 2.08. The van der Waals surface area contributed by atoms with Gasteiger partial charge in [-0.05, 0) is 19.1 Å². The van der Waals surface area contributed by atoms with Gasteiger partial charge in [0.2, 0.25) is 0 Å². The molecule has 1 aromatic rings. The minimum atomic E-state index is -0.296. The monoisotopic (exact) mass is 228 g/mol. The summed E-state index contributed by atoms with van der Waals surface area (Å²) in [6.45, 7) is 2.08. The highest BCUT2D eigenvalue weighted by molar-refractivity contribution is 6.30. The summed E-state index contributed by atoms with van der Waals surface area (Å²) < 4.78 is 4.51. The lowest BCUT2D eigenvalue weighted by molar-refractivity contribution is -0.139. The predicted molar refractivity (Wildman–Crippen MR) is 57.7 cm³/mol. The zero-order valence-corrected chi connectivity index (χ0v) is 9.41. The Morgan fingerprint density at radius 1 is 1.67 bits per heavy atom. The predicted octanol–water partition coefficient (Wildman–Crippen LogP) is 1.56. The Balaban J connectivity index is 2.50. The van der Waals surface area contributed by atoms with Crippen molar-refractivity contribution in [2.75, 3.05) is 13.7 Å². The third-order valence-corrected chi connectivity index (χ3v) is 2.20. The molecule has 0 aromatic carbocycles. The SMILES string of the molecule is COC(=O)CNC(C)c1ccc(Cl)cn1. The number of nitrogens with zero attached hydrogens (tertiary/aromatic N) is 1. The molecular formula is C10H13ClN2O2. The summed E-state index contributed by atoms with van der Waals surface area (Å²) in [7, 11) is 1.36. The standard InChI is InChI=1S/C10H13ClN2O2/c1-7(12-6-10(14)15-2)9-4-3-8(11)5-13-9/h3-5,7,12H,6H2,1-2H3. The summed E-state index contributed by atoms with van der Waals surface area (Å²) >= 11 is 5.71. The van der Waals surface area contributed by atoms with Gasteiger partial charge in [-0.25, -0.2) is 0 Å². The zero-order valence-electron chi connectivity index (χ0n) is 8.66. The second-order valence-corrected chi connectivity index (χ2v) is 3.52. The third kappa shape index (κ3) is 3.85. The number of nitrogens with one attached hydrogen (secondary N) is 1. The molecule has 0 bridgehead atoms. The molecule has 15 heavy (non-hydrogen) atoms. The number of carbonyl (C=O) groups is 1. The van der Waals surface area contributed by atoms with Gasteiger partial charge in [0.25, 0.3) is 0 Å². The summed E-state index contributed by atoms with van der Waals surface area (Å²) in [6, 6.07) is 3.57. The molecule has 0 spiro atoms. The van der Waals surface area contributed by atoms with Crippen LogP contribution in [-0.2, 0) is 9.53 Å². The first-order valence-corrected chi connectivity index (χ1v) is 4.93. The molecule has 1 heterocycles. The van der Waals surface area contributed by atoms with Crippen molar-refractivity contribution in [3.05, 3.63) is 29.0 Å². The summed E-state index contributed by atoms with van der Waals surface area (Å²) in [5, 5.41) is 3.59. The molecule has 0 amide bonds. The van der Waals surface area contributed by atoms with Crippen LogP contribution in [0, 0.1) is 0 Å². The van der Waals surface area contributed by atoms with Gasteiger partial charge in [0.1, 0.15) is 0 Å². The van der Waals surface area contributed by atoms with E-state index in [9.17, 15) is 4.79 Å². The van der Waals surface area contributed by atoms with Crippen molar-refractivity contribution in [1.29, 1.82) is 0 Å². The zero-order chi connectivity index (χ0) is 11.3. The fourth-order valence-corrected chi connectivity index (χ4v) is 1.17. The average Bonchev–Trinajstić information content (AvgIpc) is 2.26. The van der Waals surface area contributed by atoms with E-state index in [4.69, 9.17) is 11.6 Å². The van der Waals surface area contributed by atoms with Crippen LogP contribution < -0.4 is 5.32 Å². The van der Waals surface area contributed by atoms with Gasteiger partial charge < -0.3 is 4.74 Å². The maximum atomic E-state index is 10.9. The van der Waals surface area contributed by atoms with E-state index in [0.717, 1.165) is 5.69 Å². The van der Waals surface area contributed by atoms with E-state index in [1.807, 2.05) is 13.0 Å².